The largest absolute Gasteiger partial charge is 0.381 e. The van der Waals surface area contributed by atoms with Crippen LogP contribution in [-0.4, -0.2) is 28.6 Å². The summed E-state index contributed by atoms with van der Waals surface area (Å²) in [5.41, 5.74) is 2.13. The number of aromatic nitrogens is 2. The summed E-state index contributed by atoms with van der Waals surface area (Å²) >= 11 is 0. The molecule has 0 spiro atoms. The number of hydrogen-bond acceptors (Lipinski definition) is 4. The lowest BCUT2D eigenvalue weighted by Gasteiger charge is -2.20. The molecule has 0 fully saturated rings. The third-order valence-electron chi connectivity index (χ3n) is 2.79. The Bertz CT molecular complexity index is 514. The van der Waals surface area contributed by atoms with Gasteiger partial charge in [-0.15, -0.1) is 0 Å². The highest BCUT2D eigenvalue weighted by Gasteiger charge is 2.07. The molecule has 106 valence electrons. The number of nitrogens with zero attached hydrogens (tertiary/aromatic N) is 2. The minimum Gasteiger partial charge on any atom is -0.381 e. The molecule has 2 N–H and O–H groups in total. The maximum atomic E-state index is 4.38. The van der Waals surface area contributed by atoms with Crippen molar-refractivity contribution in [2.75, 3.05) is 18.4 Å². The van der Waals surface area contributed by atoms with Crippen LogP contribution in [0.4, 0.5) is 5.69 Å². The number of rotatable bonds is 5. The fraction of sp³-hybridized carbons (Fsp3) is 0.375. The van der Waals surface area contributed by atoms with E-state index in [4.69, 9.17) is 0 Å². The molecule has 0 amide bonds. The molecule has 1 aromatic heterocycles. The summed E-state index contributed by atoms with van der Waals surface area (Å²) in [5.74, 6) is 0.754. The van der Waals surface area contributed by atoms with Gasteiger partial charge in [-0.05, 0) is 20.8 Å². The number of hydrogen-bond donors (Lipinski definition) is 2. The minimum atomic E-state index is 0.148. The van der Waals surface area contributed by atoms with Crippen molar-refractivity contribution in [1.82, 2.24) is 15.3 Å². The third-order valence-corrected chi connectivity index (χ3v) is 2.79. The van der Waals surface area contributed by atoms with E-state index >= 15 is 0 Å². The van der Waals surface area contributed by atoms with Crippen LogP contribution >= 0.6 is 0 Å². The molecule has 1 heterocycles. The zero-order valence-electron chi connectivity index (χ0n) is 12.4. The molecule has 0 aliphatic heterocycles. The lowest BCUT2D eigenvalue weighted by molar-refractivity contribution is 0.435. The van der Waals surface area contributed by atoms with Gasteiger partial charge in [0.25, 0.3) is 0 Å². The van der Waals surface area contributed by atoms with E-state index in [2.05, 4.69) is 41.4 Å². The molecule has 0 radical (unpaired) electrons. The standard InChI is InChI=1S/C16H22N4/c1-16(2,3)20-10-9-17-14-11-18-15(19-12-14)13-7-5-4-6-8-13/h4-8,11-12,17,20H,9-10H2,1-3H3. The van der Waals surface area contributed by atoms with Gasteiger partial charge in [-0.1, -0.05) is 30.3 Å². The first-order chi connectivity index (χ1) is 9.54. The van der Waals surface area contributed by atoms with Crippen molar-refractivity contribution in [3.05, 3.63) is 42.7 Å². The molecule has 0 aliphatic carbocycles. The Morgan fingerprint density at radius 3 is 2.20 bits per heavy atom. The van der Waals surface area contributed by atoms with Crippen molar-refractivity contribution in [3.63, 3.8) is 0 Å². The van der Waals surface area contributed by atoms with Crippen LogP contribution in [0.2, 0.25) is 0 Å². The topological polar surface area (TPSA) is 49.8 Å². The van der Waals surface area contributed by atoms with Gasteiger partial charge in [-0.3, -0.25) is 0 Å². The Kier molecular flexibility index (Phi) is 4.69. The summed E-state index contributed by atoms with van der Waals surface area (Å²) in [6, 6.07) is 9.99. The highest BCUT2D eigenvalue weighted by molar-refractivity contribution is 5.55. The lowest BCUT2D eigenvalue weighted by Crippen LogP contribution is -2.38. The van der Waals surface area contributed by atoms with Gasteiger partial charge in [0.1, 0.15) is 0 Å². The van der Waals surface area contributed by atoms with E-state index in [0.29, 0.717) is 0 Å². The van der Waals surface area contributed by atoms with Gasteiger partial charge in [-0.2, -0.15) is 0 Å². The molecule has 20 heavy (non-hydrogen) atoms. The van der Waals surface area contributed by atoms with Crippen molar-refractivity contribution in [3.8, 4) is 11.4 Å². The number of benzene rings is 1. The molecule has 2 aromatic rings. The zero-order chi connectivity index (χ0) is 14.4. The van der Waals surface area contributed by atoms with Crippen LogP contribution in [0.3, 0.4) is 0 Å². The zero-order valence-corrected chi connectivity index (χ0v) is 12.4. The molecule has 4 heteroatoms. The summed E-state index contributed by atoms with van der Waals surface area (Å²) in [5, 5.41) is 6.73. The molecule has 0 saturated heterocycles. The summed E-state index contributed by atoms with van der Waals surface area (Å²) in [4.78, 5) is 8.76. The first-order valence-electron chi connectivity index (χ1n) is 6.91. The fourth-order valence-electron chi connectivity index (χ4n) is 1.80. The van der Waals surface area contributed by atoms with Crippen molar-refractivity contribution in [2.45, 2.75) is 26.3 Å². The predicted molar refractivity (Wildman–Crippen MR) is 83.7 cm³/mol. The van der Waals surface area contributed by atoms with E-state index in [1.54, 1.807) is 0 Å². The minimum absolute atomic E-state index is 0.148. The Labute approximate surface area is 120 Å². The SMILES string of the molecule is CC(C)(C)NCCNc1cnc(-c2ccccc2)nc1. The highest BCUT2D eigenvalue weighted by atomic mass is 15.0. The molecule has 1 aromatic carbocycles. The van der Waals surface area contributed by atoms with E-state index in [-0.39, 0.29) is 5.54 Å². The van der Waals surface area contributed by atoms with Crippen molar-refractivity contribution < 1.29 is 0 Å². The van der Waals surface area contributed by atoms with E-state index in [0.717, 1.165) is 30.2 Å². The quantitative estimate of drug-likeness (QED) is 0.820. The van der Waals surface area contributed by atoms with Crippen molar-refractivity contribution in [1.29, 1.82) is 0 Å². The monoisotopic (exact) mass is 270 g/mol. The van der Waals surface area contributed by atoms with Crippen LogP contribution < -0.4 is 10.6 Å². The summed E-state index contributed by atoms with van der Waals surface area (Å²) in [6.07, 6.45) is 3.65. The maximum Gasteiger partial charge on any atom is 0.159 e. The third kappa shape index (κ3) is 4.63. The van der Waals surface area contributed by atoms with E-state index in [9.17, 15) is 0 Å². The van der Waals surface area contributed by atoms with Crippen LogP contribution in [0.15, 0.2) is 42.7 Å². The van der Waals surface area contributed by atoms with Crippen LogP contribution in [0, 0.1) is 0 Å². The van der Waals surface area contributed by atoms with Crippen LogP contribution in [0.25, 0.3) is 11.4 Å². The molecule has 4 nitrogen and oxygen atoms in total. The average molecular weight is 270 g/mol. The van der Waals surface area contributed by atoms with Gasteiger partial charge in [-0.25, -0.2) is 9.97 Å². The maximum absolute atomic E-state index is 4.38. The molecule has 0 aliphatic rings. The first-order valence-corrected chi connectivity index (χ1v) is 6.91. The highest BCUT2D eigenvalue weighted by Crippen LogP contribution is 2.14. The summed E-state index contributed by atoms with van der Waals surface area (Å²) < 4.78 is 0. The van der Waals surface area contributed by atoms with E-state index in [1.807, 2.05) is 42.7 Å². The lowest BCUT2D eigenvalue weighted by atomic mass is 10.1. The smallest absolute Gasteiger partial charge is 0.159 e. The fourth-order valence-corrected chi connectivity index (χ4v) is 1.80. The second-order valence-corrected chi connectivity index (χ2v) is 5.76. The second kappa shape index (κ2) is 6.48. The van der Waals surface area contributed by atoms with Gasteiger partial charge < -0.3 is 10.6 Å². The molecule has 0 unspecified atom stereocenters. The molecular weight excluding hydrogens is 248 g/mol. The van der Waals surface area contributed by atoms with Gasteiger partial charge in [0, 0.05) is 24.2 Å². The molecule has 0 atom stereocenters. The normalized spacial score (nSPS) is 11.3. The molecule has 2 rings (SSSR count). The van der Waals surface area contributed by atoms with Gasteiger partial charge in [0.2, 0.25) is 0 Å². The number of anilines is 1. The summed E-state index contributed by atoms with van der Waals surface area (Å²) in [6.45, 7) is 8.23. The van der Waals surface area contributed by atoms with Crippen LogP contribution in [0.1, 0.15) is 20.8 Å². The predicted octanol–water partition coefficient (Wildman–Crippen LogP) is 2.94. The van der Waals surface area contributed by atoms with Gasteiger partial charge >= 0.3 is 0 Å². The van der Waals surface area contributed by atoms with Crippen molar-refractivity contribution >= 4 is 5.69 Å². The first kappa shape index (κ1) is 14.5. The second-order valence-electron chi connectivity index (χ2n) is 5.76. The average Bonchev–Trinajstić information content (AvgIpc) is 2.44. The Balaban J connectivity index is 1.86. The van der Waals surface area contributed by atoms with Crippen LogP contribution in [-0.2, 0) is 0 Å². The van der Waals surface area contributed by atoms with E-state index < -0.39 is 0 Å². The van der Waals surface area contributed by atoms with E-state index in [1.165, 1.54) is 0 Å². The summed E-state index contributed by atoms with van der Waals surface area (Å²) in [7, 11) is 0. The van der Waals surface area contributed by atoms with Crippen LogP contribution in [0.5, 0.6) is 0 Å². The Hall–Kier alpha value is -1.94. The number of nitrogens with one attached hydrogen (secondary N) is 2. The van der Waals surface area contributed by atoms with Crippen molar-refractivity contribution in [2.24, 2.45) is 0 Å². The Morgan fingerprint density at radius 1 is 0.950 bits per heavy atom. The molecule has 0 bridgehead atoms. The molecular formula is C16H22N4. The Morgan fingerprint density at radius 2 is 1.60 bits per heavy atom. The van der Waals surface area contributed by atoms with Gasteiger partial charge in [0.15, 0.2) is 5.82 Å². The molecule has 0 saturated carbocycles. The van der Waals surface area contributed by atoms with Gasteiger partial charge in [0.05, 0.1) is 18.1 Å².